The monoisotopic (exact) mass is 497 g/mol. The Morgan fingerprint density at radius 1 is 1.03 bits per heavy atom. The Morgan fingerprint density at radius 2 is 1.75 bits per heavy atom. The number of nitrogens with zero attached hydrogens (tertiary/aromatic N) is 3. The fraction of sp³-hybridized carbons (Fsp3) is 0.370. The summed E-state index contributed by atoms with van der Waals surface area (Å²) in [5.74, 6) is -1.93. The number of rotatable bonds is 7. The molecular weight excluding hydrogens is 464 g/mol. The van der Waals surface area contributed by atoms with Gasteiger partial charge in [-0.2, -0.15) is 5.10 Å². The number of hydrogen-bond acceptors (Lipinski definition) is 3. The molecule has 1 aromatic heterocycles. The number of carbonyl (C=O) groups excluding carboxylic acids is 2. The summed E-state index contributed by atoms with van der Waals surface area (Å²) in [4.78, 5) is 27.3. The van der Waals surface area contributed by atoms with Crippen molar-refractivity contribution in [3.8, 4) is 5.69 Å². The zero-order valence-electron chi connectivity index (χ0n) is 21.5. The van der Waals surface area contributed by atoms with Gasteiger partial charge in [0.1, 0.15) is 12.4 Å². The van der Waals surface area contributed by atoms with E-state index < -0.39 is 23.6 Å². The van der Waals surface area contributed by atoms with Crippen LogP contribution in [0.3, 0.4) is 0 Å². The predicted molar refractivity (Wildman–Crippen MR) is 137 cm³/mol. The van der Waals surface area contributed by atoms with Crippen molar-refractivity contribution in [1.82, 2.24) is 14.7 Å². The molecule has 0 aliphatic rings. The number of aryl methyl sites for hydroxylation is 1. The molecular formula is C27H33F2N5O2. The van der Waals surface area contributed by atoms with Crippen molar-refractivity contribution in [1.29, 1.82) is 0 Å². The molecule has 0 bridgehead atoms. The number of urea groups is 1. The SMILES string of the molecule is Cc1cccc(-n2nc(C(C)(C)C)cc2NC(=O)CN(CC(C)C)C(=O)Nc2ccc(F)c(F)c2)c1. The summed E-state index contributed by atoms with van der Waals surface area (Å²) in [6, 6.07) is 12.1. The highest BCUT2D eigenvalue weighted by Gasteiger charge is 2.24. The van der Waals surface area contributed by atoms with Crippen molar-refractivity contribution in [3.63, 3.8) is 0 Å². The van der Waals surface area contributed by atoms with Crippen LogP contribution < -0.4 is 10.6 Å². The van der Waals surface area contributed by atoms with Crippen molar-refractivity contribution in [3.05, 3.63) is 71.4 Å². The average molecular weight is 498 g/mol. The molecule has 9 heteroatoms. The number of nitrogens with one attached hydrogen (secondary N) is 2. The second-order valence-corrected chi connectivity index (χ2v) is 10.3. The van der Waals surface area contributed by atoms with Gasteiger partial charge in [-0.3, -0.25) is 4.79 Å². The third kappa shape index (κ3) is 6.90. The normalized spacial score (nSPS) is 11.5. The molecule has 0 saturated carbocycles. The van der Waals surface area contributed by atoms with Gasteiger partial charge in [0.25, 0.3) is 0 Å². The van der Waals surface area contributed by atoms with E-state index in [0.717, 1.165) is 29.1 Å². The van der Waals surface area contributed by atoms with Gasteiger partial charge in [-0.1, -0.05) is 46.8 Å². The Hall–Kier alpha value is -3.75. The first kappa shape index (κ1) is 26.8. The molecule has 0 saturated heterocycles. The van der Waals surface area contributed by atoms with Crippen LogP contribution in [0.5, 0.6) is 0 Å². The predicted octanol–water partition coefficient (Wildman–Crippen LogP) is 5.89. The van der Waals surface area contributed by atoms with E-state index in [-0.39, 0.29) is 30.1 Å². The van der Waals surface area contributed by atoms with Crippen molar-refractivity contribution in [2.45, 2.75) is 47.0 Å². The smallest absolute Gasteiger partial charge is 0.315 e. The third-order valence-electron chi connectivity index (χ3n) is 5.37. The molecule has 0 radical (unpaired) electrons. The Labute approximate surface area is 210 Å². The van der Waals surface area contributed by atoms with Gasteiger partial charge in [0.2, 0.25) is 5.91 Å². The highest BCUT2D eigenvalue weighted by Crippen LogP contribution is 2.26. The van der Waals surface area contributed by atoms with Crippen molar-refractivity contribution < 1.29 is 18.4 Å². The summed E-state index contributed by atoms with van der Waals surface area (Å²) in [6.07, 6.45) is 0. The third-order valence-corrected chi connectivity index (χ3v) is 5.37. The second kappa shape index (κ2) is 10.9. The summed E-state index contributed by atoms with van der Waals surface area (Å²) in [5.41, 5.74) is 2.50. The molecule has 0 aliphatic heterocycles. The molecule has 7 nitrogen and oxygen atoms in total. The number of halogens is 2. The topological polar surface area (TPSA) is 79.3 Å². The molecule has 0 aliphatic carbocycles. The van der Waals surface area contributed by atoms with Gasteiger partial charge < -0.3 is 15.5 Å². The lowest BCUT2D eigenvalue weighted by molar-refractivity contribution is -0.116. The fourth-order valence-electron chi connectivity index (χ4n) is 3.59. The zero-order valence-corrected chi connectivity index (χ0v) is 21.5. The molecule has 3 rings (SSSR count). The molecule has 192 valence electrons. The Kier molecular flexibility index (Phi) is 8.12. The van der Waals surface area contributed by atoms with Crippen LogP contribution >= 0.6 is 0 Å². The van der Waals surface area contributed by atoms with Crippen LogP contribution in [0.1, 0.15) is 45.9 Å². The Bertz CT molecular complexity index is 1250. The van der Waals surface area contributed by atoms with E-state index in [2.05, 4.69) is 10.6 Å². The van der Waals surface area contributed by atoms with E-state index in [1.807, 2.05) is 71.9 Å². The van der Waals surface area contributed by atoms with Crippen molar-refractivity contribution in [2.24, 2.45) is 5.92 Å². The molecule has 0 spiro atoms. The van der Waals surface area contributed by atoms with Crippen LogP contribution in [0.15, 0.2) is 48.5 Å². The van der Waals surface area contributed by atoms with Gasteiger partial charge >= 0.3 is 6.03 Å². The minimum Gasteiger partial charge on any atom is -0.315 e. The van der Waals surface area contributed by atoms with Crippen LogP contribution in [0, 0.1) is 24.5 Å². The number of hydrogen-bond donors (Lipinski definition) is 2. The maximum atomic E-state index is 13.6. The average Bonchev–Trinajstić information content (AvgIpc) is 3.19. The number of carbonyl (C=O) groups is 2. The van der Waals surface area contributed by atoms with Crippen LogP contribution in [0.4, 0.5) is 25.1 Å². The highest BCUT2D eigenvalue weighted by atomic mass is 19.2. The Balaban J connectivity index is 1.82. The lowest BCUT2D eigenvalue weighted by atomic mass is 9.92. The van der Waals surface area contributed by atoms with Crippen LogP contribution in [0.25, 0.3) is 5.69 Å². The number of anilines is 2. The molecule has 0 fully saturated rings. The first-order valence-electron chi connectivity index (χ1n) is 11.8. The summed E-state index contributed by atoms with van der Waals surface area (Å²) < 4.78 is 28.5. The number of benzene rings is 2. The lowest BCUT2D eigenvalue weighted by Crippen LogP contribution is -2.42. The van der Waals surface area contributed by atoms with Crippen molar-refractivity contribution in [2.75, 3.05) is 23.7 Å². The van der Waals surface area contributed by atoms with Crippen LogP contribution in [-0.2, 0) is 10.2 Å². The van der Waals surface area contributed by atoms with Gasteiger partial charge in [0.15, 0.2) is 11.6 Å². The molecule has 3 aromatic rings. The van der Waals surface area contributed by atoms with Gasteiger partial charge in [-0.05, 0) is 42.7 Å². The minimum atomic E-state index is -1.07. The summed E-state index contributed by atoms with van der Waals surface area (Å²) in [6.45, 7) is 12.0. The van der Waals surface area contributed by atoms with Crippen molar-refractivity contribution >= 4 is 23.4 Å². The molecule has 0 unspecified atom stereocenters. The number of aromatic nitrogens is 2. The van der Waals surface area contributed by atoms with E-state index in [4.69, 9.17) is 5.10 Å². The first-order valence-corrected chi connectivity index (χ1v) is 11.8. The first-order chi connectivity index (χ1) is 16.8. The Morgan fingerprint density at radius 3 is 2.36 bits per heavy atom. The molecule has 2 aromatic carbocycles. The summed E-state index contributed by atoms with van der Waals surface area (Å²) in [7, 11) is 0. The summed E-state index contributed by atoms with van der Waals surface area (Å²) in [5, 5.41) is 10.1. The van der Waals surface area contributed by atoms with Gasteiger partial charge in [-0.15, -0.1) is 0 Å². The lowest BCUT2D eigenvalue weighted by Gasteiger charge is -2.24. The van der Waals surface area contributed by atoms with Crippen LogP contribution in [0.2, 0.25) is 0 Å². The molecule has 36 heavy (non-hydrogen) atoms. The maximum Gasteiger partial charge on any atom is 0.322 e. The molecule has 2 N–H and O–H groups in total. The highest BCUT2D eigenvalue weighted by molar-refractivity contribution is 5.96. The molecule has 1 heterocycles. The molecule has 3 amide bonds. The van der Waals surface area contributed by atoms with E-state index in [0.29, 0.717) is 5.82 Å². The van der Waals surface area contributed by atoms with E-state index in [1.54, 1.807) is 4.68 Å². The molecule has 0 atom stereocenters. The van der Waals surface area contributed by atoms with E-state index in [1.165, 1.54) is 11.0 Å². The number of amides is 3. The second-order valence-electron chi connectivity index (χ2n) is 10.3. The van der Waals surface area contributed by atoms with Crippen LogP contribution in [-0.4, -0.2) is 39.7 Å². The van der Waals surface area contributed by atoms with Gasteiger partial charge in [0, 0.05) is 29.8 Å². The maximum absolute atomic E-state index is 13.6. The fourth-order valence-corrected chi connectivity index (χ4v) is 3.59. The zero-order chi connectivity index (χ0) is 26.6. The van der Waals surface area contributed by atoms with Gasteiger partial charge in [0.05, 0.1) is 11.4 Å². The van der Waals surface area contributed by atoms with E-state index in [9.17, 15) is 18.4 Å². The quantitative estimate of drug-likeness (QED) is 0.428. The standard InChI is InChI=1S/C27H33F2N5O2/c1-17(2)15-33(26(36)30-19-10-11-21(28)22(29)13-19)16-25(35)31-24-14-23(27(4,5)6)32-34(24)20-9-7-8-18(3)12-20/h7-14,17H,15-16H2,1-6H3,(H,30,36)(H,31,35). The summed E-state index contributed by atoms with van der Waals surface area (Å²) >= 11 is 0. The van der Waals surface area contributed by atoms with E-state index >= 15 is 0 Å². The largest absolute Gasteiger partial charge is 0.322 e. The van der Waals surface area contributed by atoms with Gasteiger partial charge in [-0.25, -0.2) is 18.3 Å². The minimum absolute atomic E-state index is 0.0684.